The minimum Gasteiger partial charge on any atom is -0.529 e. The van der Waals surface area contributed by atoms with Crippen molar-refractivity contribution in [2.75, 3.05) is 0 Å². The van der Waals surface area contributed by atoms with Gasteiger partial charge in [0.05, 0.1) is 6.10 Å². The minimum absolute atomic E-state index is 0. The molecule has 94 valence electrons. The van der Waals surface area contributed by atoms with E-state index >= 15 is 0 Å². The Balaban J connectivity index is 0.00000162. The fraction of sp³-hybridized carbons (Fsp3) is 0.462. The quantitative estimate of drug-likeness (QED) is 0.710. The van der Waals surface area contributed by atoms with Crippen molar-refractivity contribution in [1.29, 1.82) is 0 Å². The van der Waals surface area contributed by atoms with Crippen molar-refractivity contribution >= 4 is 23.2 Å². The molecule has 0 aromatic heterocycles. The molecule has 1 aromatic rings. The van der Waals surface area contributed by atoms with Crippen LogP contribution in [0.1, 0.15) is 31.9 Å². The number of ether oxygens (including phenoxy) is 2. The first-order chi connectivity index (χ1) is 8.04. The van der Waals surface area contributed by atoms with Crippen LogP contribution >= 0.6 is 23.2 Å². The minimum atomic E-state index is -0.169. The second-order valence-electron chi connectivity index (χ2n) is 4.40. The molecule has 3 atom stereocenters. The molecule has 0 spiro atoms. The maximum absolute atomic E-state index is 5.96. The maximum atomic E-state index is 5.96. The Labute approximate surface area is 177 Å². The first-order valence-corrected chi connectivity index (χ1v) is 6.40. The largest absolute Gasteiger partial charge is 1.00 e. The third-order valence-electron chi connectivity index (χ3n) is 2.74. The Morgan fingerprint density at radius 1 is 1.33 bits per heavy atom. The molecular weight excluding hydrogens is 392 g/mol. The third-order valence-corrected chi connectivity index (χ3v) is 3.17. The molecule has 18 heavy (non-hydrogen) atoms. The Bertz CT molecular complexity index is 380. The first kappa shape index (κ1) is 17.8. The molecule has 1 aliphatic rings. The van der Waals surface area contributed by atoms with Gasteiger partial charge in [0, 0.05) is 10.0 Å². The summed E-state index contributed by atoms with van der Waals surface area (Å²) in [5.41, 5.74) is 0.964. The Morgan fingerprint density at radius 2 is 1.94 bits per heavy atom. The second-order valence-corrected chi connectivity index (χ2v) is 5.27. The zero-order valence-corrected chi connectivity index (χ0v) is 18.6. The molecule has 5 heteroatoms. The van der Waals surface area contributed by atoms with E-state index in [1.165, 1.54) is 0 Å². The zero-order chi connectivity index (χ0) is 12.4. The van der Waals surface area contributed by atoms with E-state index in [2.05, 4.69) is 6.92 Å². The molecule has 2 rings (SSSR count). The Hall–Kier alpha value is 1.77. The van der Waals surface area contributed by atoms with Crippen molar-refractivity contribution < 1.29 is 78.4 Å². The first-order valence-electron chi connectivity index (χ1n) is 5.65. The van der Waals surface area contributed by atoms with Crippen molar-refractivity contribution in [1.82, 2.24) is 0 Å². The third kappa shape index (κ3) is 5.28. The van der Waals surface area contributed by atoms with E-state index in [9.17, 15) is 0 Å². The molecule has 0 bridgehead atoms. The van der Waals surface area contributed by atoms with E-state index in [0.29, 0.717) is 16.0 Å². The van der Waals surface area contributed by atoms with Crippen molar-refractivity contribution in [3.8, 4) is 0 Å². The van der Waals surface area contributed by atoms with E-state index in [1.54, 1.807) is 6.07 Å². The van der Waals surface area contributed by atoms with Crippen LogP contribution in [0.25, 0.3) is 0 Å². The van der Waals surface area contributed by atoms with Crippen molar-refractivity contribution in [2.45, 2.75) is 32.7 Å². The van der Waals surface area contributed by atoms with Gasteiger partial charge in [-0.2, -0.15) is 0 Å². The summed E-state index contributed by atoms with van der Waals surface area (Å²) in [6.45, 7) is 5.89. The van der Waals surface area contributed by atoms with Gasteiger partial charge in [-0.1, -0.05) is 30.1 Å². The van der Waals surface area contributed by atoms with Gasteiger partial charge < -0.3 is 9.47 Å². The van der Waals surface area contributed by atoms with Crippen LogP contribution < -0.4 is 68.9 Å². The molecule has 1 aromatic carbocycles. The SMILES string of the molecule is C[C@H]1[CH-]OC(O[C@H](C)c2cc(Cl)cc(Cl)c2)C1.[Cs+]. The van der Waals surface area contributed by atoms with Gasteiger partial charge in [0.1, 0.15) is 6.29 Å². The van der Waals surface area contributed by atoms with Gasteiger partial charge in [-0.25, -0.2) is 6.61 Å². The summed E-state index contributed by atoms with van der Waals surface area (Å²) >= 11 is 11.9. The summed E-state index contributed by atoms with van der Waals surface area (Å²) in [7, 11) is 0. The fourth-order valence-electron chi connectivity index (χ4n) is 1.84. The molecular formula is C13H15Cl2CsO2. The van der Waals surface area contributed by atoms with Gasteiger partial charge in [-0.05, 0) is 37.1 Å². The predicted molar refractivity (Wildman–Crippen MR) is 68.9 cm³/mol. The zero-order valence-electron chi connectivity index (χ0n) is 10.8. The maximum Gasteiger partial charge on any atom is 1.00 e. The van der Waals surface area contributed by atoms with E-state index in [0.717, 1.165) is 12.0 Å². The normalized spacial score (nSPS) is 24.7. The molecule has 1 saturated heterocycles. The van der Waals surface area contributed by atoms with Crippen LogP contribution in [0.5, 0.6) is 0 Å². The molecule has 1 aliphatic heterocycles. The summed E-state index contributed by atoms with van der Waals surface area (Å²) in [4.78, 5) is 0. The summed E-state index contributed by atoms with van der Waals surface area (Å²) in [6.07, 6.45) is 0.631. The van der Waals surface area contributed by atoms with Gasteiger partial charge in [0.25, 0.3) is 0 Å². The number of hydrogen-bond donors (Lipinski definition) is 0. The second kappa shape index (κ2) is 8.27. The summed E-state index contributed by atoms with van der Waals surface area (Å²) < 4.78 is 11.2. The predicted octanol–water partition coefficient (Wildman–Crippen LogP) is 1.62. The molecule has 0 radical (unpaired) electrons. The molecule has 0 saturated carbocycles. The molecule has 1 unspecified atom stereocenters. The van der Waals surface area contributed by atoms with E-state index in [-0.39, 0.29) is 81.3 Å². The topological polar surface area (TPSA) is 18.5 Å². The average Bonchev–Trinajstić information content (AvgIpc) is 2.62. The van der Waals surface area contributed by atoms with Gasteiger partial charge >= 0.3 is 68.9 Å². The molecule has 2 nitrogen and oxygen atoms in total. The molecule has 1 heterocycles. The number of hydrogen-bond acceptors (Lipinski definition) is 2. The van der Waals surface area contributed by atoms with Crippen molar-refractivity contribution in [3.63, 3.8) is 0 Å². The van der Waals surface area contributed by atoms with Gasteiger partial charge in [0.2, 0.25) is 0 Å². The summed E-state index contributed by atoms with van der Waals surface area (Å²) in [5, 5.41) is 1.24. The fourth-order valence-corrected chi connectivity index (χ4v) is 2.38. The van der Waals surface area contributed by atoms with Gasteiger partial charge in [-0.3, -0.25) is 0 Å². The number of rotatable bonds is 3. The van der Waals surface area contributed by atoms with Crippen LogP contribution in [0.2, 0.25) is 10.0 Å². The molecule has 1 fully saturated rings. The van der Waals surface area contributed by atoms with Gasteiger partial charge in [-0.15, -0.1) is 5.92 Å². The Kier molecular flexibility index (Phi) is 8.19. The van der Waals surface area contributed by atoms with Gasteiger partial charge in [0.15, 0.2) is 0 Å². The monoisotopic (exact) mass is 406 g/mol. The van der Waals surface area contributed by atoms with Crippen molar-refractivity contribution in [3.05, 3.63) is 40.4 Å². The number of halogens is 2. The van der Waals surface area contributed by atoms with Crippen molar-refractivity contribution in [2.24, 2.45) is 5.92 Å². The molecule has 0 amide bonds. The molecule has 0 aliphatic carbocycles. The smallest absolute Gasteiger partial charge is 0.529 e. The van der Waals surface area contributed by atoms with E-state index in [1.807, 2.05) is 25.7 Å². The van der Waals surface area contributed by atoms with E-state index in [4.69, 9.17) is 32.7 Å². The summed E-state index contributed by atoms with van der Waals surface area (Å²) in [5.74, 6) is 0.440. The number of benzene rings is 1. The van der Waals surface area contributed by atoms with Crippen LogP contribution in [0, 0.1) is 12.5 Å². The van der Waals surface area contributed by atoms with Crippen LogP contribution in [-0.2, 0) is 9.47 Å². The van der Waals surface area contributed by atoms with Crippen LogP contribution in [-0.4, -0.2) is 6.29 Å². The Morgan fingerprint density at radius 3 is 2.44 bits per heavy atom. The van der Waals surface area contributed by atoms with Crippen LogP contribution in [0.3, 0.4) is 0 Å². The molecule has 0 N–H and O–H groups in total. The van der Waals surface area contributed by atoms with E-state index < -0.39 is 0 Å². The standard InChI is InChI=1S/C13H15Cl2O2.Cs/c1-8-3-13(16-7-8)17-9(2)10-4-11(14)6-12(15)5-10;/h4-9,13H,3H2,1-2H3;/q-1;+1/t8-,9-,13?;/m1./s1. The average molecular weight is 407 g/mol. The van der Waals surface area contributed by atoms with Crippen LogP contribution in [0.4, 0.5) is 0 Å². The summed E-state index contributed by atoms with van der Waals surface area (Å²) in [6, 6.07) is 5.43. The van der Waals surface area contributed by atoms with Crippen LogP contribution in [0.15, 0.2) is 18.2 Å².